The van der Waals surface area contributed by atoms with Gasteiger partial charge in [-0.25, -0.2) is 0 Å². The van der Waals surface area contributed by atoms with Gasteiger partial charge in [-0.3, -0.25) is 0 Å². The van der Waals surface area contributed by atoms with Crippen molar-refractivity contribution < 1.29 is 9.84 Å². The first-order chi connectivity index (χ1) is 8.72. The summed E-state index contributed by atoms with van der Waals surface area (Å²) >= 11 is 7.00. The monoisotopic (exact) mass is 277 g/mol. The summed E-state index contributed by atoms with van der Waals surface area (Å²) in [6.07, 6.45) is 0. The molecule has 0 bridgehead atoms. The van der Waals surface area contributed by atoms with Gasteiger partial charge >= 0.3 is 0 Å². The van der Waals surface area contributed by atoms with Crippen LogP contribution in [0.4, 0.5) is 0 Å². The molecule has 0 radical (unpaired) electrons. The van der Waals surface area contributed by atoms with Gasteiger partial charge in [0.15, 0.2) is 11.5 Å². The molecule has 3 rings (SSSR count). The number of hydrogen-bond acceptors (Lipinski definition) is 4. The van der Waals surface area contributed by atoms with Crippen molar-refractivity contribution in [2.75, 3.05) is 0 Å². The third-order valence-corrected chi connectivity index (χ3v) is 3.52. The van der Waals surface area contributed by atoms with Gasteiger partial charge in [-0.15, -0.1) is 0 Å². The maximum atomic E-state index is 9.90. The number of hydrogen-bond donors (Lipinski definition) is 1. The van der Waals surface area contributed by atoms with Gasteiger partial charge in [-0.1, -0.05) is 47.2 Å². The molecule has 0 aliphatic heterocycles. The standard InChI is InChI=1S/C13H8ClNO2S/c14-12-7-18-13(15-12)17-11-6-9-4-2-1-3-8(9)5-10(11)16/h1-7,16H. The molecule has 0 saturated heterocycles. The van der Waals surface area contributed by atoms with Crippen molar-refractivity contribution in [2.45, 2.75) is 0 Å². The summed E-state index contributed by atoms with van der Waals surface area (Å²) < 4.78 is 5.51. The average Bonchev–Trinajstić information content (AvgIpc) is 2.76. The molecule has 90 valence electrons. The molecule has 2 aromatic carbocycles. The van der Waals surface area contributed by atoms with E-state index >= 15 is 0 Å². The molecule has 0 aliphatic carbocycles. The molecule has 0 fully saturated rings. The van der Waals surface area contributed by atoms with Crippen molar-refractivity contribution in [3.8, 4) is 16.7 Å². The Bertz CT molecular complexity index is 711. The number of thiazole rings is 1. The van der Waals surface area contributed by atoms with E-state index in [9.17, 15) is 5.11 Å². The molecule has 0 saturated carbocycles. The minimum atomic E-state index is 0.0834. The van der Waals surface area contributed by atoms with E-state index in [4.69, 9.17) is 16.3 Å². The predicted molar refractivity (Wildman–Crippen MR) is 72.8 cm³/mol. The van der Waals surface area contributed by atoms with Crippen LogP contribution in [0, 0.1) is 0 Å². The number of aromatic hydroxyl groups is 1. The second kappa shape index (κ2) is 4.48. The van der Waals surface area contributed by atoms with Crippen molar-refractivity contribution in [3.05, 3.63) is 46.9 Å². The summed E-state index contributed by atoms with van der Waals surface area (Å²) in [6.45, 7) is 0. The van der Waals surface area contributed by atoms with Crippen LogP contribution >= 0.6 is 22.9 Å². The lowest BCUT2D eigenvalue weighted by atomic mass is 10.1. The van der Waals surface area contributed by atoms with Crippen LogP contribution in [0.25, 0.3) is 10.8 Å². The van der Waals surface area contributed by atoms with E-state index in [0.717, 1.165) is 10.8 Å². The average molecular weight is 278 g/mol. The van der Waals surface area contributed by atoms with E-state index in [0.29, 0.717) is 16.1 Å². The quantitative estimate of drug-likeness (QED) is 0.752. The van der Waals surface area contributed by atoms with Gasteiger partial charge < -0.3 is 9.84 Å². The second-order valence-corrected chi connectivity index (χ2v) is 4.91. The number of benzene rings is 2. The van der Waals surface area contributed by atoms with Crippen molar-refractivity contribution >= 4 is 33.7 Å². The molecular weight excluding hydrogens is 270 g/mol. The van der Waals surface area contributed by atoms with Crippen LogP contribution in [0.5, 0.6) is 16.7 Å². The van der Waals surface area contributed by atoms with Crippen LogP contribution < -0.4 is 4.74 Å². The van der Waals surface area contributed by atoms with E-state index in [1.807, 2.05) is 24.3 Å². The normalized spacial score (nSPS) is 10.7. The van der Waals surface area contributed by atoms with Gasteiger partial charge in [-0.2, -0.15) is 4.98 Å². The minimum Gasteiger partial charge on any atom is -0.504 e. The molecule has 18 heavy (non-hydrogen) atoms. The third-order valence-electron chi connectivity index (χ3n) is 2.48. The Hall–Kier alpha value is -1.78. The Morgan fingerprint density at radius 2 is 1.89 bits per heavy atom. The zero-order chi connectivity index (χ0) is 12.5. The van der Waals surface area contributed by atoms with Crippen LogP contribution in [-0.2, 0) is 0 Å². The maximum absolute atomic E-state index is 9.90. The molecule has 0 aliphatic rings. The molecule has 1 N–H and O–H groups in total. The highest BCUT2D eigenvalue weighted by molar-refractivity contribution is 7.11. The highest BCUT2D eigenvalue weighted by Crippen LogP contribution is 2.36. The highest BCUT2D eigenvalue weighted by Gasteiger charge is 2.08. The number of halogens is 1. The van der Waals surface area contributed by atoms with Gasteiger partial charge in [0, 0.05) is 5.38 Å². The summed E-state index contributed by atoms with van der Waals surface area (Å²) in [5, 5.41) is 14.3. The molecule has 1 heterocycles. The van der Waals surface area contributed by atoms with Crippen molar-refractivity contribution in [1.29, 1.82) is 0 Å². The summed E-state index contributed by atoms with van der Waals surface area (Å²) in [5.41, 5.74) is 0. The zero-order valence-corrected chi connectivity index (χ0v) is 10.7. The smallest absolute Gasteiger partial charge is 0.280 e. The fourth-order valence-electron chi connectivity index (χ4n) is 1.67. The van der Waals surface area contributed by atoms with Crippen LogP contribution in [0.1, 0.15) is 0 Å². The Morgan fingerprint density at radius 1 is 1.17 bits per heavy atom. The summed E-state index contributed by atoms with van der Waals surface area (Å²) in [5.74, 6) is 0.458. The summed E-state index contributed by atoms with van der Waals surface area (Å²) in [7, 11) is 0. The summed E-state index contributed by atoms with van der Waals surface area (Å²) in [6, 6.07) is 11.2. The molecule has 0 unspecified atom stereocenters. The minimum absolute atomic E-state index is 0.0834. The molecule has 5 heteroatoms. The number of nitrogens with zero attached hydrogens (tertiary/aromatic N) is 1. The molecule has 1 aromatic heterocycles. The fraction of sp³-hybridized carbons (Fsp3) is 0. The lowest BCUT2D eigenvalue weighted by Gasteiger charge is -2.06. The van der Waals surface area contributed by atoms with E-state index in [-0.39, 0.29) is 5.75 Å². The molecule has 0 amide bonds. The first-order valence-electron chi connectivity index (χ1n) is 5.23. The fourth-order valence-corrected chi connectivity index (χ4v) is 2.47. The van der Waals surface area contributed by atoms with E-state index in [2.05, 4.69) is 4.98 Å². The Labute approximate surface area is 112 Å². The largest absolute Gasteiger partial charge is 0.504 e. The first kappa shape index (κ1) is 11.3. The lowest BCUT2D eigenvalue weighted by molar-refractivity contribution is 0.411. The van der Waals surface area contributed by atoms with Crippen LogP contribution in [0.15, 0.2) is 41.8 Å². The first-order valence-corrected chi connectivity index (χ1v) is 6.49. The predicted octanol–water partition coefficient (Wildman–Crippen LogP) is 4.45. The van der Waals surface area contributed by atoms with Gasteiger partial charge in [-0.05, 0) is 22.9 Å². The third kappa shape index (κ3) is 2.12. The number of rotatable bonds is 2. The number of phenolic OH excluding ortho intramolecular Hbond substituents is 1. The van der Waals surface area contributed by atoms with Gasteiger partial charge in [0.1, 0.15) is 5.15 Å². The number of fused-ring (bicyclic) bond motifs is 1. The van der Waals surface area contributed by atoms with Gasteiger partial charge in [0.05, 0.1) is 0 Å². The molecule has 0 atom stereocenters. The van der Waals surface area contributed by atoms with Crippen LogP contribution in [0.2, 0.25) is 5.15 Å². The van der Waals surface area contributed by atoms with Crippen molar-refractivity contribution in [1.82, 2.24) is 4.98 Å². The Morgan fingerprint density at radius 3 is 2.56 bits per heavy atom. The topological polar surface area (TPSA) is 42.4 Å². The molecular formula is C13H8ClNO2S. The Kier molecular flexibility index (Phi) is 2.81. The van der Waals surface area contributed by atoms with Gasteiger partial charge in [0.2, 0.25) is 0 Å². The van der Waals surface area contributed by atoms with E-state index < -0.39 is 0 Å². The van der Waals surface area contributed by atoms with Gasteiger partial charge in [0.25, 0.3) is 5.19 Å². The number of aromatic nitrogens is 1. The lowest BCUT2D eigenvalue weighted by Crippen LogP contribution is -1.84. The SMILES string of the molecule is Oc1cc2ccccc2cc1Oc1nc(Cl)cs1. The summed E-state index contributed by atoms with van der Waals surface area (Å²) in [4.78, 5) is 3.98. The number of phenols is 1. The van der Waals surface area contributed by atoms with E-state index in [1.54, 1.807) is 17.5 Å². The van der Waals surface area contributed by atoms with E-state index in [1.165, 1.54) is 11.3 Å². The van der Waals surface area contributed by atoms with Crippen molar-refractivity contribution in [2.24, 2.45) is 0 Å². The molecule has 3 nitrogen and oxygen atoms in total. The molecule has 3 aromatic rings. The van der Waals surface area contributed by atoms with Crippen LogP contribution in [-0.4, -0.2) is 10.1 Å². The zero-order valence-electron chi connectivity index (χ0n) is 9.13. The number of ether oxygens (including phenoxy) is 1. The molecule has 0 spiro atoms. The Balaban J connectivity index is 2.03. The second-order valence-electron chi connectivity index (χ2n) is 3.71. The maximum Gasteiger partial charge on any atom is 0.280 e. The van der Waals surface area contributed by atoms with Crippen LogP contribution in [0.3, 0.4) is 0 Å². The highest BCUT2D eigenvalue weighted by atomic mass is 35.5. The van der Waals surface area contributed by atoms with Crippen molar-refractivity contribution in [3.63, 3.8) is 0 Å².